The Balaban J connectivity index is 0.0000000943. The van der Waals surface area contributed by atoms with E-state index in [0.717, 1.165) is 25.7 Å². The topological polar surface area (TPSA) is 0 Å². The van der Waals surface area contributed by atoms with Gasteiger partial charge in [-0.25, -0.2) is 0 Å². The smallest absolute Gasteiger partial charge is 0.0708 e. The molecule has 2 atom stereocenters. The lowest BCUT2D eigenvalue weighted by molar-refractivity contribution is 0.646. The number of fused-ring (bicyclic) bond motifs is 24. The SMILES string of the molecule is Cc1c2c(c(C)c3c1-c1sc(I)cc1C3)-c1sc(I)cc1C2.Cc1c2c(c(C)c3c1C(C)(C)c1cc(Br)sc1-3)C(C)(C)c1cc(Br)sc1-2.Cc1c2c(c(C)c3c1C(C)c1cc(Br)sc1-3)C(C)c1cc(Br)sc1-2.Ic1cc2c(s1)-c1cc3c(cc1C2)-c1sc(I)cc1C3. The summed E-state index contributed by atoms with van der Waals surface area (Å²) in [6, 6.07) is 23.7. The summed E-state index contributed by atoms with van der Waals surface area (Å²) in [5.74, 6) is 0.980. The molecule has 0 bridgehead atoms. The zero-order valence-corrected chi connectivity index (χ0v) is 73.6. The van der Waals surface area contributed by atoms with Crippen molar-refractivity contribution in [2.24, 2.45) is 0 Å². The van der Waals surface area contributed by atoms with Crippen LogP contribution in [0.1, 0.15) is 176 Å². The minimum atomic E-state index is 0.0540. The zero-order valence-electron chi connectivity index (χ0n) is 52.0. The van der Waals surface area contributed by atoms with Crippen LogP contribution in [0, 0.1) is 53.1 Å². The van der Waals surface area contributed by atoms with Crippen molar-refractivity contribution in [3.05, 3.63) is 210 Å². The molecule has 8 aliphatic carbocycles. The van der Waals surface area contributed by atoms with Crippen LogP contribution in [-0.4, -0.2) is 0 Å². The molecule has 8 heterocycles. The molecule has 0 aliphatic heterocycles. The summed E-state index contributed by atoms with van der Waals surface area (Å²) < 4.78 is 10.6. The van der Waals surface area contributed by atoms with Crippen LogP contribution in [0.2, 0.25) is 0 Å². The van der Waals surface area contributed by atoms with Crippen LogP contribution in [0.25, 0.3) is 83.5 Å². The van der Waals surface area contributed by atoms with E-state index >= 15 is 0 Å². The molecule has 8 aliphatic rings. The molecule has 0 saturated heterocycles. The Labute approximate surface area is 659 Å². The lowest BCUT2D eigenvalue weighted by Crippen LogP contribution is -2.20. The van der Waals surface area contributed by atoms with Crippen molar-refractivity contribution >= 4 is 245 Å². The van der Waals surface area contributed by atoms with E-state index < -0.39 is 0 Å². The zero-order chi connectivity index (χ0) is 64.3. The molecule has 464 valence electrons. The molecule has 0 saturated carbocycles. The highest BCUT2D eigenvalue weighted by molar-refractivity contribution is 14.1. The number of hydrogen-bond acceptors (Lipinski definition) is 8. The van der Waals surface area contributed by atoms with Gasteiger partial charge in [0.05, 0.1) is 26.7 Å². The van der Waals surface area contributed by atoms with Gasteiger partial charge in [-0.3, -0.25) is 0 Å². The molecule has 20 rings (SSSR count). The van der Waals surface area contributed by atoms with Crippen LogP contribution < -0.4 is 0 Å². The first-order chi connectivity index (χ1) is 43.7. The van der Waals surface area contributed by atoms with Crippen LogP contribution in [0.5, 0.6) is 0 Å². The van der Waals surface area contributed by atoms with Gasteiger partial charge in [0, 0.05) is 61.7 Å². The van der Waals surface area contributed by atoms with Gasteiger partial charge < -0.3 is 0 Å². The number of halogens is 8. The van der Waals surface area contributed by atoms with Crippen LogP contribution in [0.3, 0.4) is 0 Å². The van der Waals surface area contributed by atoms with Gasteiger partial charge in [-0.05, 0) is 449 Å². The van der Waals surface area contributed by atoms with Gasteiger partial charge >= 0.3 is 0 Å². The maximum absolute atomic E-state index is 3.73. The Morgan fingerprint density at radius 3 is 1.03 bits per heavy atom. The summed E-state index contributed by atoms with van der Waals surface area (Å²) in [6.45, 7) is 28.4. The number of hydrogen-bond donors (Lipinski definition) is 0. The van der Waals surface area contributed by atoms with Gasteiger partial charge in [0.1, 0.15) is 0 Å². The van der Waals surface area contributed by atoms with E-state index in [1.807, 2.05) is 90.7 Å². The van der Waals surface area contributed by atoms with E-state index in [-0.39, 0.29) is 10.8 Å². The normalized spacial score (nSPS) is 16.7. The van der Waals surface area contributed by atoms with Gasteiger partial charge in [-0.1, -0.05) is 41.5 Å². The van der Waals surface area contributed by atoms with Crippen molar-refractivity contribution in [1.82, 2.24) is 0 Å². The van der Waals surface area contributed by atoms with E-state index in [4.69, 9.17) is 0 Å². The Hall–Kier alpha value is -0.680. The molecule has 0 spiro atoms. The second-order valence-electron chi connectivity index (χ2n) is 27.0. The van der Waals surface area contributed by atoms with Crippen LogP contribution in [0.4, 0.5) is 0 Å². The van der Waals surface area contributed by atoms with E-state index in [2.05, 4.69) is 298 Å². The highest BCUT2D eigenvalue weighted by Gasteiger charge is 2.47. The summed E-state index contributed by atoms with van der Waals surface area (Å²) >= 11 is 40.0. The fraction of sp³-hybridized carbons (Fsp3) is 0.263. The fourth-order valence-electron chi connectivity index (χ4n) is 17.6. The first-order valence-electron chi connectivity index (χ1n) is 30.7. The van der Waals surface area contributed by atoms with E-state index in [9.17, 15) is 0 Å². The molecule has 0 amide bonds. The third-order valence-electron chi connectivity index (χ3n) is 21.4. The lowest BCUT2D eigenvalue weighted by Gasteiger charge is -2.29. The third-order valence-corrected chi connectivity index (χ3v) is 35.9. The van der Waals surface area contributed by atoms with Crippen LogP contribution in [-0.2, 0) is 36.5 Å². The maximum atomic E-state index is 3.73. The van der Waals surface area contributed by atoms with Crippen molar-refractivity contribution in [2.45, 2.75) is 131 Å². The van der Waals surface area contributed by atoms with Crippen LogP contribution in [0.15, 0.2) is 75.8 Å². The Morgan fingerprint density at radius 2 is 0.663 bits per heavy atom. The fourth-order valence-corrected chi connectivity index (χ4v) is 33.1. The Bertz CT molecular complexity index is 5020. The first kappa shape index (κ1) is 64.7. The number of thiophene rings is 8. The van der Waals surface area contributed by atoms with Gasteiger partial charge in [0.25, 0.3) is 0 Å². The molecule has 0 fully saturated rings. The molecule has 4 aromatic carbocycles. The minimum Gasteiger partial charge on any atom is -0.129 e. The van der Waals surface area contributed by atoms with Gasteiger partial charge in [0.2, 0.25) is 0 Å². The third kappa shape index (κ3) is 9.46. The Kier molecular flexibility index (Phi) is 16.1. The quantitative estimate of drug-likeness (QED) is 0.133. The largest absolute Gasteiger partial charge is 0.129 e. The molecular formula is C76H56Br4I4S8. The molecule has 92 heavy (non-hydrogen) atoms. The second kappa shape index (κ2) is 22.9. The minimum absolute atomic E-state index is 0.0540. The highest BCUT2D eigenvalue weighted by atomic mass is 127. The molecule has 0 N–H and O–H groups in total. The predicted octanol–water partition coefficient (Wildman–Crippen LogP) is 29.7. The van der Waals surface area contributed by atoms with Crippen molar-refractivity contribution in [3.63, 3.8) is 0 Å². The number of benzene rings is 4. The summed E-state index contributed by atoms with van der Waals surface area (Å²) in [7, 11) is 0. The van der Waals surface area contributed by atoms with Gasteiger partial charge in [0.15, 0.2) is 0 Å². The van der Waals surface area contributed by atoms with Crippen molar-refractivity contribution in [2.75, 3.05) is 0 Å². The first-order valence-corrected chi connectivity index (χ1v) is 44.7. The average molecular weight is 2050 g/mol. The number of rotatable bonds is 0. The second-order valence-corrected chi connectivity index (χ2v) is 48.5. The average Bonchev–Trinajstić information content (AvgIpc) is 1.54. The van der Waals surface area contributed by atoms with Crippen molar-refractivity contribution in [1.29, 1.82) is 0 Å². The molecular weight excluding hydrogens is 2000 g/mol. The molecule has 16 heteroatoms. The molecule has 2 unspecified atom stereocenters. The standard InChI is InChI=1S/C22H20Br2S2.C20H16Br2S2.C18H12I2S2.C16H8I2S2/c1-9-15-18(22(5,6)11-7-13(23)25-19(11)15)10(2)16-17(9)21(3,4)12-8-14(24)26-20(12)16;1-7-11-5-13(21)23-19(11)17-10(4)16-8(2)12-6-14(22)24-20(12)18(16)9(3)15(7)17;1-7-11-3-9-5-14(20)22-18(9)16(11)8(2)12-4-10-6-13(19)21-17(10)15(7)12;17-13-5-9-1-7-3-12-8(4-11(7)15(9)19-13)2-10-6-14(18)20-16(10)12/h7-8H,1-6H3;5-8H,1-4H3;5-6H,3-4H2,1-2H3;3-6H,1-2H2. The lowest BCUT2D eigenvalue weighted by atomic mass is 9.74. The summed E-state index contributed by atoms with van der Waals surface area (Å²) in [4.78, 5) is 12.0. The van der Waals surface area contributed by atoms with Gasteiger partial charge in [-0.15, -0.1) is 90.7 Å². The summed E-state index contributed by atoms with van der Waals surface area (Å²) in [6.07, 6.45) is 4.49. The van der Waals surface area contributed by atoms with Crippen molar-refractivity contribution < 1.29 is 0 Å². The van der Waals surface area contributed by atoms with E-state index in [1.165, 1.54) is 188 Å². The summed E-state index contributed by atoms with van der Waals surface area (Å²) in [5.41, 5.74) is 45.8. The predicted molar refractivity (Wildman–Crippen MR) is 453 cm³/mol. The van der Waals surface area contributed by atoms with E-state index in [0.29, 0.717) is 11.8 Å². The molecule has 12 aromatic rings. The maximum Gasteiger partial charge on any atom is 0.0708 e. The van der Waals surface area contributed by atoms with Crippen molar-refractivity contribution in [3.8, 4) is 83.5 Å². The monoisotopic (exact) mass is 2050 g/mol. The highest BCUT2D eigenvalue weighted by Crippen LogP contribution is 2.65. The van der Waals surface area contributed by atoms with Crippen LogP contribution >= 0.6 is 245 Å². The molecule has 0 radical (unpaired) electrons. The van der Waals surface area contributed by atoms with Gasteiger partial charge in [-0.2, -0.15) is 0 Å². The molecule has 8 aromatic heterocycles. The van der Waals surface area contributed by atoms with E-state index in [1.54, 1.807) is 44.5 Å². The Morgan fingerprint density at radius 1 is 0.337 bits per heavy atom. The molecule has 0 nitrogen and oxygen atoms in total. The summed E-state index contributed by atoms with van der Waals surface area (Å²) in [5, 5.41) is 0.